The summed E-state index contributed by atoms with van der Waals surface area (Å²) in [6.45, 7) is 0. The number of hydrogen-bond donors (Lipinski definition) is 2. The lowest BCUT2D eigenvalue weighted by atomic mass is 10.0. The molecule has 0 spiro atoms. The molecule has 0 atom stereocenters. The second kappa shape index (κ2) is 8.22. The van der Waals surface area contributed by atoms with E-state index in [1.54, 1.807) is 42.5 Å². The molecule has 0 heterocycles. The van der Waals surface area contributed by atoms with Crippen LogP contribution < -0.4 is 4.72 Å². The number of anilines is 1. The molecule has 3 aromatic rings. The average Bonchev–Trinajstić information content (AvgIpc) is 2.67. The minimum Gasteiger partial charge on any atom is -0.478 e. The van der Waals surface area contributed by atoms with Crippen LogP contribution in [0.2, 0.25) is 0 Å². The predicted molar refractivity (Wildman–Crippen MR) is 104 cm³/mol. The fourth-order valence-electron chi connectivity index (χ4n) is 2.72. The van der Waals surface area contributed by atoms with Gasteiger partial charge >= 0.3 is 5.97 Å². The number of hydrogen-bond acceptors (Lipinski definition) is 3. The van der Waals surface area contributed by atoms with Gasteiger partial charge in [0.1, 0.15) is 5.82 Å². The molecule has 0 bridgehead atoms. The van der Waals surface area contributed by atoms with Gasteiger partial charge in [0, 0.05) is 5.69 Å². The molecular formula is C21H18FNO4S. The van der Waals surface area contributed by atoms with Gasteiger partial charge in [0.15, 0.2) is 0 Å². The Labute approximate surface area is 162 Å². The lowest BCUT2D eigenvalue weighted by Crippen LogP contribution is -2.13. The maximum absolute atomic E-state index is 13.0. The number of aromatic carboxylic acids is 1. The van der Waals surface area contributed by atoms with Crippen LogP contribution >= 0.6 is 0 Å². The van der Waals surface area contributed by atoms with Crippen LogP contribution in [0.25, 0.3) is 0 Å². The van der Waals surface area contributed by atoms with Crippen molar-refractivity contribution in [1.29, 1.82) is 0 Å². The molecule has 0 saturated heterocycles. The summed E-state index contributed by atoms with van der Waals surface area (Å²) < 4.78 is 40.3. The van der Waals surface area contributed by atoms with E-state index in [1.807, 2.05) is 6.07 Å². The third kappa shape index (κ3) is 4.95. The van der Waals surface area contributed by atoms with E-state index in [1.165, 1.54) is 12.1 Å². The van der Waals surface area contributed by atoms with Crippen molar-refractivity contribution in [1.82, 2.24) is 0 Å². The number of halogens is 1. The Morgan fingerprint density at radius 2 is 1.54 bits per heavy atom. The Morgan fingerprint density at radius 3 is 2.18 bits per heavy atom. The van der Waals surface area contributed by atoms with E-state index in [9.17, 15) is 17.6 Å². The molecule has 28 heavy (non-hydrogen) atoms. The van der Waals surface area contributed by atoms with E-state index >= 15 is 0 Å². The van der Waals surface area contributed by atoms with E-state index in [-0.39, 0.29) is 10.5 Å². The van der Waals surface area contributed by atoms with Crippen LogP contribution in [0.4, 0.5) is 10.1 Å². The van der Waals surface area contributed by atoms with E-state index in [0.29, 0.717) is 18.5 Å². The molecule has 0 radical (unpaired) electrons. The third-order valence-electron chi connectivity index (χ3n) is 4.21. The van der Waals surface area contributed by atoms with E-state index in [2.05, 4.69) is 4.72 Å². The van der Waals surface area contributed by atoms with Crippen molar-refractivity contribution in [3.63, 3.8) is 0 Å². The fourth-order valence-corrected chi connectivity index (χ4v) is 3.77. The Kier molecular flexibility index (Phi) is 5.75. The first kappa shape index (κ1) is 19.6. The van der Waals surface area contributed by atoms with Gasteiger partial charge in [-0.1, -0.05) is 24.3 Å². The number of aryl methyl sites for hydroxylation is 2. The molecule has 5 nitrogen and oxygen atoms in total. The predicted octanol–water partition coefficient (Wildman–Crippen LogP) is 4.11. The number of nitrogens with one attached hydrogen (secondary N) is 1. The normalized spacial score (nSPS) is 11.2. The zero-order chi connectivity index (χ0) is 20.1. The average molecular weight is 399 g/mol. The van der Waals surface area contributed by atoms with Gasteiger partial charge in [-0.2, -0.15) is 0 Å². The first-order chi connectivity index (χ1) is 13.3. The standard InChI is InChI=1S/C21H18FNO4S/c22-18-10-12-20(13-11-18)28(26,27)23-19-3-1-2-16(14-19)5-4-15-6-8-17(9-7-15)21(24)25/h1-3,6-14,23H,4-5H2,(H,24,25). The molecule has 7 heteroatoms. The van der Waals surface area contributed by atoms with Crippen molar-refractivity contribution in [2.75, 3.05) is 4.72 Å². The van der Waals surface area contributed by atoms with Crippen molar-refractivity contribution >= 4 is 21.7 Å². The number of benzene rings is 3. The highest BCUT2D eigenvalue weighted by atomic mass is 32.2. The monoisotopic (exact) mass is 399 g/mol. The van der Waals surface area contributed by atoms with Gasteiger partial charge in [-0.3, -0.25) is 4.72 Å². The molecule has 0 saturated carbocycles. The van der Waals surface area contributed by atoms with Gasteiger partial charge in [0.2, 0.25) is 0 Å². The molecule has 144 valence electrons. The highest BCUT2D eigenvalue weighted by Gasteiger charge is 2.14. The summed E-state index contributed by atoms with van der Waals surface area (Å²) in [5.41, 5.74) is 2.58. The summed E-state index contributed by atoms with van der Waals surface area (Å²) in [6, 6.07) is 18.3. The summed E-state index contributed by atoms with van der Waals surface area (Å²) in [6.07, 6.45) is 1.35. The van der Waals surface area contributed by atoms with Gasteiger partial charge in [0.05, 0.1) is 10.5 Å². The van der Waals surface area contributed by atoms with Crippen molar-refractivity contribution in [3.8, 4) is 0 Å². The van der Waals surface area contributed by atoms with Crippen LogP contribution in [-0.4, -0.2) is 19.5 Å². The van der Waals surface area contributed by atoms with Crippen LogP contribution in [0, 0.1) is 5.82 Å². The fraction of sp³-hybridized carbons (Fsp3) is 0.0952. The van der Waals surface area contributed by atoms with Crippen molar-refractivity contribution in [2.45, 2.75) is 17.7 Å². The second-order valence-corrected chi connectivity index (χ2v) is 7.94. The zero-order valence-corrected chi connectivity index (χ0v) is 15.6. The summed E-state index contributed by atoms with van der Waals surface area (Å²) in [5.74, 6) is -1.47. The van der Waals surface area contributed by atoms with Crippen molar-refractivity contribution in [3.05, 3.63) is 95.3 Å². The molecule has 0 fully saturated rings. The van der Waals surface area contributed by atoms with Crippen molar-refractivity contribution < 1.29 is 22.7 Å². The van der Waals surface area contributed by atoms with Crippen LogP contribution in [0.1, 0.15) is 21.5 Å². The Bertz CT molecular complexity index is 1080. The number of carboxylic acids is 1. The minimum atomic E-state index is -3.80. The topological polar surface area (TPSA) is 83.5 Å². The molecule has 0 aliphatic rings. The zero-order valence-electron chi connectivity index (χ0n) is 14.8. The SMILES string of the molecule is O=C(O)c1ccc(CCc2cccc(NS(=O)(=O)c3ccc(F)cc3)c2)cc1. The third-order valence-corrected chi connectivity index (χ3v) is 5.60. The Balaban J connectivity index is 1.68. The molecule has 0 aliphatic heterocycles. The van der Waals surface area contributed by atoms with Crippen LogP contribution in [0.3, 0.4) is 0 Å². The van der Waals surface area contributed by atoms with Gasteiger partial charge in [0.25, 0.3) is 10.0 Å². The van der Waals surface area contributed by atoms with Crippen LogP contribution in [0.15, 0.2) is 77.7 Å². The quantitative estimate of drug-likeness (QED) is 0.626. The van der Waals surface area contributed by atoms with E-state index in [4.69, 9.17) is 5.11 Å². The Morgan fingerprint density at radius 1 is 0.893 bits per heavy atom. The first-order valence-electron chi connectivity index (χ1n) is 8.53. The summed E-state index contributed by atoms with van der Waals surface area (Å²) in [4.78, 5) is 10.9. The molecule has 3 aromatic carbocycles. The molecule has 3 rings (SSSR count). The molecule has 0 amide bonds. The first-order valence-corrected chi connectivity index (χ1v) is 10.0. The lowest BCUT2D eigenvalue weighted by Gasteiger charge is -2.10. The maximum Gasteiger partial charge on any atom is 0.335 e. The molecule has 0 aliphatic carbocycles. The molecule has 2 N–H and O–H groups in total. The highest BCUT2D eigenvalue weighted by molar-refractivity contribution is 7.92. The Hall–Kier alpha value is -3.19. The summed E-state index contributed by atoms with van der Waals surface area (Å²) in [5, 5.41) is 8.93. The van der Waals surface area contributed by atoms with Gasteiger partial charge in [-0.25, -0.2) is 17.6 Å². The second-order valence-electron chi connectivity index (χ2n) is 6.26. The minimum absolute atomic E-state index is 0.0159. The molecular weight excluding hydrogens is 381 g/mol. The smallest absolute Gasteiger partial charge is 0.335 e. The number of carboxylic acid groups (broad SMARTS) is 1. The number of sulfonamides is 1. The largest absolute Gasteiger partial charge is 0.478 e. The summed E-state index contributed by atoms with van der Waals surface area (Å²) >= 11 is 0. The van der Waals surface area contributed by atoms with Gasteiger partial charge in [-0.15, -0.1) is 0 Å². The number of rotatable bonds is 7. The van der Waals surface area contributed by atoms with Gasteiger partial charge in [-0.05, 0) is 72.5 Å². The van der Waals surface area contributed by atoms with Gasteiger partial charge < -0.3 is 5.11 Å². The molecule has 0 aromatic heterocycles. The number of carbonyl (C=O) groups is 1. The maximum atomic E-state index is 13.0. The van der Waals surface area contributed by atoms with E-state index < -0.39 is 21.8 Å². The highest BCUT2D eigenvalue weighted by Crippen LogP contribution is 2.19. The van der Waals surface area contributed by atoms with Crippen LogP contribution in [0.5, 0.6) is 0 Å². The molecule has 0 unspecified atom stereocenters. The lowest BCUT2D eigenvalue weighted by molar-refractivity contribution is 0.0697. The van der Waals surface area contributed by atoms with Crippen molar-refractivity contribution in [2.24, 2.45) is 0 Å². The summed E-state index contributed by atoms with van der Waals surface area (Å²) in [7, 11) is -3.80. The van der Waals surface area contributed by atoms with E-state index in [0.717, 1.165) is 23.3 Å². The van der Waals surface area contributed by atoms with Crippen LogP contribution in [-0.2, 0) is 22.9 Å².